The summed E-state index contributed by atoms with van der Waals surface area (Å²) in [6, 6.07) is 12.5. The summed E-state index contributed by atoms with van der Waals surface area (Å²) >= 11 is 1.35. The van der Waals surface area contributed by atoms with Gasteiger partial charge in [0.25, 0.3) is 17.2 Å². The van der Waals surface area contributed by atoms with Crippen molar-refractivity contribution >= 4 is 38.9 Å². The number of nitrogens with one attached hydrogen (secondary N) is 1. The molecule has 150 valence electrons. The molecule has 0 aliphatic carbocycles. The second-order valence-corrected chi connectivity index (χ2v) is 7.47. The molecule has 1 amide bonds. The zero-order chi connectivity index (χ0) is 21.3. The third-order valence-electron chi connectivity index (χ3n) is 4.45. The van der Waals surface area contributed by atoms with Gasteiger partial charge in [-0.05, 0) is 41.6 Å². The first-order valence-electron chi connectivity index (χ1n) is 8.93. The lowest BCUT2D eigenvalue weighted by molar-refractivity contribution is -0.384. The number of nitrogens with zero attached hydrogens (tertiary/aromatic N) is 2. The largest absolute Gasteiger partial charge is 0.431 e. The molecule has 0 unspecified atom stereocenters. The molecule has 0 atom stereocenters. The van der Waals surface area contributed by atoms with Gasteiger partial charge in [0.05, 0.1) is 10.3 Å². The van der Waals surface area contributed by atoms with E-state index in [2.05, 4.69) is 10.3 Å². The van der Waals surface area contributed by atoms with Gasteiger partial charge in [0.15, 0.2) is 4.90 Å². The molecule has 0 fully saturated rings. The minimum absolute atomic E-state index is 0.156. The minimum Gasteiger partial charge on any atom is -0.431 e. The highest BCUT2D eigenvalue weighted by Gasteiger charge is 2.13. The van der Waals surface area contributed by atoms with E-state index >= 15 is 0 Å². The van der Waals surface area contributed by atoms with Crippen LogP contribution in [0.5, 0.6) is 0 Å². The summed E-state index contributed by atoms with van der Waals surface area (Å²) in [4.78, 5) is 39.6. The second-order valence-electron chi connectivity index (χ2n) is 6.63. The van der Waals surface area contributed by atoms with Gasteiger partial charge in [-0.15, -0.1) is 11.3 Å². The number of carbonyl (C=O) groups excluding carboxylic acids is 1. The van der Waals surface area contributed by atoms with Gasteiger partial charge in [-0.1, -0.05) is 18.2 Å². The van der Waals surface area contributed by atoms with E-state index in [-0.39, 0.29) is 29.1 Å². The summed E-state index contributed by atoms with van der Waals surface area (Å²) < 4.78 is 5.75. The molecule has 4 aromatic rings. The average Bonchev–Trinajstić information content (AvgIpc) is 3.09. The van der Waals surface area contributed by atoms with Gasteiger partial charge in [-0.25, -0.2) is 0 Å². The van der Waals surface area contributed by atoms with E-state index in [0.717, 1.165) is 11.1 Å². The summed E-state index contributed by atoms with van der Waals surface area (Å²) in [6.07, 6.45) is 0.280. The van der Waals surface area contributed by atoms with Crippen molar-refractivity contribution in [2.24, 2.45) is 0 Å². The standard InChI is InChI=1S/C21H15N3O5S/c1-12-11-30-21-18(12)20(26)23-17(29-21)9-13-4-2-6-15(8-13)22-19(25)14-5-3-7-16(10-14)24(27)28/h2-8,10-11H,9H2,1H3,(H,22,25). The number of nitro groups is 1. The molecule has 2 aromatic heterocycles. The maximum atomic E-state index is 12.4. The summed E-state index contributed by atoms with van der Waals surface area (Å²) in [5.74, 6) is -0.174. The molecule has 1 N–H and O–H groups in total. The molecule has 30 heavy (non-hydrogen) atoms. The van der Waals surface area contributed by atoms with Gasteiger partial charge in [0.2, 0.25) is 5.89 Å². The van der Waals surface area contributed by atoms with Crippen molar-refractivity contribution in [3.05, 3.63) is 97.0 Å². The van der Waals surface area contributed by atoms with Crippen LogP contribution in [0.1, 0.15) is 27.4 Å². The summed E-state index contributed by atoms with van der Waals surface area (Å²) in [5.41, 5.74) is 1.85. The Morgan fingerprint density at radius 2 is 2.03 bits per heavy atom. The monoisotopic (exact) mass is 421 g/mol. The molecular formula is C21H15N3O5S. The van der Waals surface area contributed by atoms with Crippen molar-refractivity contribution in [2.75, 3.05) is 5.32 Å². The maximum Gasteiger partial charge on any atom is 0.284 e. The van der Waals surface area contributed by atoms with Gasteiger partial charge in [-0.3, -0.25) is 19.7 Å². The van der Waals surface area contributed by atoms with Gasteiger partial charge in [0, 0.05) is 29.8 Å². The predicted octanol–water partition coefficient (Wildman–Crippen LogP) is 4.31. The number of aryl methyl sites for hydroxylation is 1. The quantitative estimate of drug-likeness (QED) is 0.379. The Kier molecular flexibility index (Phi) is 5.11. The fraction of sp³-hybridized carbons (Fsp3) is 0.0952. The molecule has 2 aromatic carbocycles. The van der Waals surface area contributed by atoms with Crippen molar-refractivity contribution in [1.82, 2.24) is 4.98 Å². The lowest BCUT2D eigenvalue weighted by Gasteiger charge is -2.07. The fourth-order valence-corrected chi connectivity index (χ4v) is 3.94. The number of hydrogen-bond donors (Lipinski definition) is 1. The topological polar surface area (TPSA) is 115 Å². The summed E-state index contributed by atoms with van der Waals surface area (Å²) in [6.45, 7) is 1.84. The van der Waals surface area contributed by atoms with E-state index in [1.54, 1.807) is 18.2 Å². The molecule has 0 bridgehead atoms. The molecular weight excluding hydrogens is 406 g/mol. The van der Waals surface area contributed by atoms with Crippen molar-refractivity contribution in [2.45, 2.75) is 13.3 Å². The number of non-ortho nitro benzene ring substituents is 1. The number of nitro benzene ring substituents is 1. The number of amides is 1. The Balaban J connectivity index is 1.54. The predicted molar refractivity (Wildman–Crippen MR) is 113 cm³/mol. The Labute approximate surface area is 174 Å². The van der Waals surface area contributed by atoms with Crippen LogP contribution in [0.15, 0.2) is 63.1 Å². The fourth-order valence-electron chi connectivity index (χ4n) is 3.02. The van der Waals surface area contributed by atoms with Gasteiger partial charge < -0.3 is 9.73 Å². The SMILES string of the molecule is Cc1csc2oc(Cc3cccc(NC(=O)c4cccc([N+](=O)[O-])c4)c3)nc(=O)c12. The van der Waals surface area contributed by atoms with E-state index in [1.807, 2.05) is 18.4 Å². The third kappa shape index (κ3) is 3.96. The number of carbonyl (C=O) groups is 1. The van der Waals surface area contributed by atoms with Crippen LogP contribution in [0.3, 0.4) is 0 Å². The number of aromatic nitrogens is 1. The van der Waals surface area contributed by atoms with Crippen LogP contribution in [0.25, 0.3) is 10.3 Å². The van der Waals surface area contributed by atoms with Crippen molar-refractivity contribution in [1.29, 1.82) is 0 Å². The molecule has 0 aliphatic rings. The van der Waals surface area contributed by atoms with Crippen molar-refractivity contribution in [3.8, 4) is 0 Å². The van der Waals surface area contributed by atoms with E-state index < -0.39 is 10.8 Å². The minimum atomic E-state index is -0.551. The number of anilines is 1. The number of benzene rings is 2. The lowest BCUT2D eigenvalue weighted by Crippen LogP contribution is -2.12. The van der Waals surface area contributed by atoms with Gasteiger partial charge in [-0.2, -0.15) is 4.98 Å². The van der Waals surface area contributed by atoms with Crippen LogP contribution in [-0.2, 0) is 6.42 Å². The van der Waals surface area contributed by atoms with Crippen LogP contribution in [0.4, 0.5) is 11.4 Å². The Bertz CT molecular complexity index is 1340. The van der Waals surface area contributed by atoms with E-state index in [0.29, 0.717) is 16.0 Å². The smallest absolute Gasteiger partial charge is 0.284 e. The van der Waals surface area contributed by atoms with Gasteiger partial charge in [0.1, 0.15) is 0 Å². The summed E-state index contributed by atoms with van der Waals surface area (Å²) in [5, 5.41) is 16.0. The zero-order valence-electron chi connectivity index (χ0n) is 15.7. The molecule has 0 aliphatic heterocycles. The first-order valence-corrected chi connectivity index (χ1v) is 9.81. The van der Waals surface area contributed by atoms with Gasteiger partial charge >= 0.3 is 0 Å². The van der Waals surface area contributed by atoms with Crippen LogP contribution >= 0.6 is 11.3 Å². The maximum absolute atomic E-state index is 12.4. The Morgan fingerprint density at radius 1 is 1.23 bits per heavy atom. The van der Waals surface area contributed by atoms with E-state index in [1.165, 1.54) is 35.6 Å². The van der Waals surface area contributed by atoms with Crippen molar-refractivity contribution in [3.63, 3.8) is 0 Å². The Hall–Kier alpha value is -3.85. The third-order valence-corrected chi connectivity index (χ3v) is 5.42. The highest BCUT2D eigenvalue weighted by atomic mass is 32.1. The number of hydrogen-bond acceptors (Lipinski definition) is 7. The highest BCUT2D eigenvalue weighted by Crippen LogP contribution is 2.23. The lowest BCUT2D eigenvalue weighted by atomic mass is 10.1. The molecule has 0 spiro atoms. The molecule has 0 radical (unpaired) electrons. The number of thiophene rings is 1. The van der Waals surface area contributed by atoms with E-state index in [4.69, 9.17) is 4.42 Å². The molecule has 4 rings (SSSR count). The van der Waals surface area contributed by atoms with Crippen molar-refractivity contribution < 1.29 is 14.1 Å². The van der Waals surface area contributed by atoms with E-state index in [9.17, 15) is 19.7 Å². The summed E-state index contributed by atoms with van der Waals surface area (Å²) in [7, 11) is 0. The molecule has 0 saturated carbocycles. The molecule has 0 saturated heterocycles. The number of rotatable bonds is 5. The Morgan fingerprint density at radius 3 is 2.83 bits per heavy atom. The molecule has 2 heterocycles. The first kappa shape index (κ1) is 19.5. The highest BCUT2D eigenvalue weighted by molar-refractivity contribution is 7.16. The van der Waals surface area contributed by atoms with Crippen LogP contribution in [-0.4, -0.2) is 15.8 Å². The first-order chi connectivity index (χ1) is 14.4. The molecule has 9 heteroatoms. The second kappa shape index (κ2) is 7.88. The van der Waals surface area contributed by atoms with Crippen LogP contribution in [0, 0.1) is 17.0 Å². The number of fused-ring (bicyclic) bond motifs is 1. The molecule has 8 nitrogen and oxygen atoms in total. The normalized spacial score (nSPS) is 10.8. The van der Waals surface area contributed by atoms with Crippen LogP contribution in [0.2, 0.25) is 0 Å². The average molecular weight is 421 g/mol. The van der Waals surface area contributed by atoms with Crippen LogP contribution < -0.4 is 10.9 Å². The zero-order valence-corrected chi connectivity index (χ0v) is 16.6.